The second kappa shape index (κ2) is 4.03. The highest BCUT2D eigenvalue weighted by Gasteiger charge is 2.41. The van der Waals surface area contributed by atoms with E-state index in [1.54, 1.807) is 0 Å². The molecule has 0 saturated carbocycles. The maximum absolute atomic E-state index is 11.9. The molecule has 1 aromatic rings. The molecule has 0 radical (unpaired) electrons. The number of fused-ring (bicyclic) bond motifs is 3. The van der Waals surface area contributed by atoms with E-state index in [0.29, 0.717) is 5.78 Å². The standard InChI is InChI=1S/C16H19OP/c1-10-9-16(2)12(8-15(10)17)4-3-11-7-13(18)5-6-14(11)16/h5-8,10H,3-4,9,18H2,1-2H3/t10-,16+/m0/s1. The van der Waals surface area contributed by atoms with Gasteiger partial charge in [0.2, 0.25) is 0 Å². The van der Waals surface area contributed by atoms with Gasteiger partial charge < -0.3 is 0 Å². The van der Waals surface area contributed by atoms with Crippen molar-refractivity contribution in [1.82, 2.24) is 0 Å². The van der Waals surface area contributed by atoms with Gasteiger partial charge in [-0.25, -0.2) is 0 Å². The highest BCUT2D eigenvalue weighted by Crippen LogP contribution is 2.47. The summed E-state index contributed by atoms with van der Waals surface area (Å²) in [6, 6.07) is 6.70. The van der Waals surface area contributed by atoms with Gasteiger partial charge in [0, 0.05) is 11.3 Å². The maximum atomic E-state index is 11.9. The summed E-state index contributed by atoms with van der Waals surface area (Å²) in [4.78, 5) is 11.9. The molecule has 0 aromatic heterocycles. The van der Waals surface area contributed by atoms with Gasteiger partial charge in [0.1, 0.15) is 0 Å². The molecule has 0 fully saturated rings. The van der Waals surface area contributed by atoms with E-state index in [0.717, 1.165) is 19.3 Å². The van der Waals surface area contributed by atoms with Gasteiger partial charge in [-0.3, -0.25) is 4.79 Å². The van der Waals surface area contributed by atoms with Crippen LogP contribution in [0, 0.1) is 5.92 Å². The predicted octanol–water partition coefficient (Wildman–Crippen LogP) is 2.93. The minimum atomic E-state index is 0.0826. The molecule has 94 valence electrons. The van der Waals surface area contributed by atoms with Crippen LogP contribution in [0.25, 0.3) is 0 Å². The van der Waals surface area contributed by atoms with E-state index in [2.05, 4.69) is 41.3 Å². The molecule has 1 aromatic carbocycles. The third kappa shape index (κ3) is 1.68. The SMILES string of the molecule is C[C@H]1C[C@]2(C)C(=CC1=O)CCc1cc(P)ccc12. The summed E-state index contributed by atoms with van der Waals surface area (Å²) >= 11 is 0. The lowest BCUT2D eigenvalue weighted by Crippen LogP contribution is -2.38. The van der Waals surface area contributed by atoms with Gasteiger partial charge >= 0.3 is 0 Å². The maximum Gasteiger partial charge on any atom is 0.158 e. The number of hydrogen-bond acceptors (Lipinski definition) is 1. The lowest BCUT2D eigenvalue weighted by molar-refractivity contribution is -0.118. The van der Waals surface area contributed by atoms with Crippen LogP contribution in [0.3, 0.4) is 0 Å². The van der Waals surface area contributed by atoms with Crippen molar-refractivity contribution < 1.29 is 4.79 Å². The lowest BCUT2D eigenvalue weighted by Gasteiger charge is -2.42. The summed E-state index contributed by atoms with van der Waals surface area (Å²) in [6.07, 6.45) is 4.99. The molecular weight excluding hydrogens is 239 g/mol. The van der Waals surface area contributed by atoms with Crippen molar-refractivity contribution in [3.8, 4) is 0 Å². The van der Waals surface area contributed by atoms with Crippen molar-refractivity contribution in [2.24, 2.45) is 5.92 Å². The molecule has 2 aliphatic rings. The summed E-state index contributed by atoms with van der Waals surface area (Å²) in [6.45, 7) is 4.36. The van der Waals surface area contributed by atoms with Crippen LogP contribution < -0.4 is 5.30 Å². The molecular formula is C16H19OP. The van der Waals surface area contributed by atoms with Crippen LogP contribution in [0.1, 0.15) is 37.8 Å². The minimum absolute atomic E-state index is 0.0826. The molecule has 0 saturated heterocycles. The van der Waals surface area contributed by atoms with E-state index in [-0.39, 0.29) is 11.3 Å². The molecule has 3 rings (SSSR count). The fourth-order valence-corrected chi connectivity index (χ4v) is 3.87. The van der Waals surface area contributed by atoms with Crippen molar-refractivity contribution in [2.75, 3.05) is 0 Å². The Bertz CT molecular complexity index is 558. The normalized spacial score (nSPS) is 30.5. The van der Waals surface area contributed by atoms with Crippen LogP contribution >= 0.6 is 9.24 Å². The number of carbonyl (C=O) groups is 1. The Morgan fingerprint density at radius 3 is 2.89 bits per heavy atom. The third-order valence-corrected chi connectivity index (χ3v) is 4.97. The quantitative estimate of drug-likeness (QED) is 0.654. The van der Waals surface area contributed by atoms with Crippen molar-refractivity contribution in [3.63, 3.8) is 0 Å². The molecule has 1 nitrogen and oxygen atoms in total. The molecule has 1 unspecified atom stereocenters. The molecule has 2 aliphatic carbocycles. The first-order valence-electron chi connectivity index (χ1n) is 6.64. The van der Waals surface area contributed by atoms with Crippen molar-refractivity contribution >= 4 is 20.3 Å². The van der Waals surface area contributed by atoms with Crippen molar-refractivity contribution in [1.29, 1.82) is 0 Å². The lowest BCUT2D eigenvalue weighted by atomic mass is 9.61. The van der Waals surface area contributed by atoms with E-state index >= 15 is 0 Å². The van der Waals surface area contributed by atoms with Crippen LogP contribution in [0.5, 0.6) is 0 Å². The first-order chi connectivity index (χ1) is 8.50. The Balaban J connectivity index is 2.17. The van der Waals surface area contributed by atoms with Gasteiger partial charge in [0.05, 0.1) is 0 Å². The number of rotatable bonds is 0. The van der Waals surface area contributed by atoms with E-state index in [9.17, 15) is 4.79 Å². The topological polar surface area (TPSA) is 17.1 Å². The molecule has 0 N–H and O–H groups in total. The van der Waals surface area contributed by atoms with Crippen LogP contribution in [-0.2, 0) is 16.6 Å². The van der Waals surface area contributed by atoms with Crippen LogP contribution in [0.2, 0.25) is 0 Å². The fourth-order valence-electron chi connectivity index (χ4n) is 3.58. The molecule has 0 bridgehead atoms. The second-order valence-corrected chi connectivity index (χ2v) is 6.59. The Labute approximate surface area is 111 Å². The van der Waals surface area contributed by atoms with Crippen molar-refractivity contribution in [3.05, 3.63) is 41.0 Å². The Kier molecular flexibility index (Phi) is 2.71. The van der Waals surface area contributed by atoms with Gasteiger partial charge in [0.25, 0.3) is 0 Å². The molecule has 0 heterocycles. The van der Waals surface area contributed by atoms with Crippen LogP contribution in [0.15, 0.2) is 29.8 Å². The zero-order valence-electron chi connectivity index (χ0n) is 11.0. The number of ketones is 1. The highest BCUT2D eigenvalue weighted by atomic mass is 31.0. The minimum Gasteiger partial charge on any atom is -0.295 e. The average molecular weight is 258 g/mol. The number of aryl methyl sites for hydroxylation is 1. The zero-order chi connectivity index (χ0) is 12.9. The van der Waals surface area contributed by atoms with Gasteiger partial charge in [-0.2, -0.15) is 0 Å². The number of benzene rings is 1. The Hall–Kier alpha value is -0.940. The largest absolute Gasteiger partial charge is 0.295 e. The molecule has 0 aliphatic heterocycles. The molecule has 0 spiro atoms. The summed E-state index contributed by atoms with van der Waals surface area (Å²) in [5, 5.41) is 1.25. The third-order valence-electron chi connectivity index (χ3n) is 4.61. The van der Waals surface area contributed by atoms with E-state index in [1.807, 2.05) is 6.08 Å². The van der Waals surface area contributed by atoms with Gasteiger partial charge in [-0.15, -0.1) is 9.24 Å². The smallest absolute Gasteiger partial charge is 0.158 e. The predicted molar refractivity (Wildman–Crippen MR) is 78.3 cm³/mol. The Morgan fingerprint density at radius 1 is 1.33 bits per heavy atom. The number of hydrogen-bond donors (Lipinski definition) is 0. The van der Waals surface area contributed by atoms with Gasteiger partial charge in [-0.1, -0.05) is 37.6 Å². The first-order valence-corrected chi connectivity index (χ1v) is 7.22. The van der Waals surface area contributed by atoms with Crippen LogP contribution in [-0.4, -0.2) is 5.78 Å². The molecule has 18 heavy (non-hydrogen) atoms. The second-order valence-electron chi connectivity index (χ2n) is 5.93. The molecule has 3 atom stereocenters. The van der Waals surface area contributed by atoms with Gasteiger partial charge in [-0.05, 0) is 41.8 Å². The number of carbonyl (C=O) groups excluding carboxylic acids is 1. The first kappa shape index (κ1) is 12.1. The van der Waals surface area contributed by atoms with Crippen molar-refractivity contribution in [2.45, 2.75) is 38.5 Å². The van der Waals surface area contributed by atoms with Crippen LogP contribution in [0.4, 0.5) is 0 Å². The monoisotopic (exact) mass is 258 g/mol. The molecule has 2 heteroatoms. The summed E-state index contributed by atoms with van der Waals surface area (Å²) in [5.74, 6) is 0.467. The van der Waals surface area contributed by atoms with E-state index in [4.69, 9.17) is 0 Å². The summed E-state index contributed by atoms with van der Waals surface area (Å²) in [7, 11) is 2.77. The average Bonchev–Trinajstić information content (AvgIpc) is 2.31. The summed E-state index contributed by atoms with van der Waals surface area (Å²) in [5.41, 5.74) is 4.32. The van der Waals surface area contributed by atoms with E-state index < -0.39 is 0 Å². The molecule has 0 amide bonds. The van der Waals surface area contributed by atoms with E-state index in [1.165, 1.54) is 22.0 Å². The number of allylic oxidation sites excluding steroid dienone is 2. The Morgan fingerprint density at radius 2 is 2.11 bits per heavy atom. The fraction of sp³-hybridized carbons (Fsp3) is 0.438. The van der Waals surface area contributed by atoms with Gasteiger partial charge in [0.15, 0.2) is 5.78 Å². The summed E-state index contributed by atoms with van der Waals surface area (Å²) < 4.78 is 0. The zero-order valence-corrected chi connectivity index (χ0v) is 12.1. The highest BCUT2D eigenvalue weighted by molar-refractivity contribution is 7.27.